The molecule has 1 aliphatic heterocycles. The fourth-order valence-corrected chi connectivity index (χ4v) is 4.40. The number of aromatic nitrogens is 3. The number of rotatable bonds is 7. The van der Waals surface area contributed by atoms with Crippen LogP contribution in [-0.4, -0.2) is 57.9 Å². The van der Waals surface area contributed by atoms with Gasteiger partial charge in [-0.1, -0.05) is 29.8 Å². The lowest BCUT2D eigenvalue weighted by molar-refractivity contribution is -0.149. The lowest BCUT2D eigenvalue weighted by Gasteiger charge is -2.30. The van der Waals surface area contributed by atoms with Crippen molar-refractivity contribution in [2.75, 3.05) is 26.8 Å². The normalized spacial score (nSPS) is 13.9. The predicted molar refractivity (Wildman–Crippen MR) is 136 cm³/mol. The van der Waals surface area contributed by atoms with Crippen molar-refractivity contribution in [3.63, 3.8) is 0 Å². The summed E-state index contributed by atoms with van der Waals surface area (Å²) in [4.78, 5) is 53.9. The van der Waals surface area contributed by atoms with Crippen LogP contribution in [0.5, 0.6) is 5.75 Å². The summed E-state index contributed by atoms with van der Waals surface area (Å²) in [6, 6.07) is 14.1. The number of methoxy groups -OCH3 is 1. The molecule has 0 aliphatic carbocycles. The number of piperidine rings is 1. The van der Waals surface area contributed by atoms with Crippen LogP contribution in [0.1, 0.15) is 41.4 Å². The van der Waals surface area contributed by atoms with Crippen molar-refractivity contribution in [1.29, 1.82) is 0 Å². The number of esters is 1. The van der Waals surface area contributed by atoms with E-state index in [0.29, 0.717) is 30.9 Å². The van der Waals surface area contributed by atoms with Crippen molar-refractivity contribution < 1.29 is 19.1 Å². The van der Waals surface area contributed by atoms with E-state index >= 15 is 0 Å². The Bertz CT molecular complexity index is 1400. The molecule has 0 spiro atoms. The third kappa shape index (κ3) is 5.63. The smallest absolute Gasteiger partial charge is 0.352 e. The van der Waals surface area contributed by atoms with E-state index in [9.17, 15) is 19.2 Å². The second-order valence-corrected chi connectivity index (χ2v) is 8.94. The molecular weight excluding hydrogens is 476 g/mol. The van der Waals surface area contributed by atoms with Crippen molar-refractivity contribution in [3.05, 3.63) is 86.2 Å². The van der Waals surface area contributed by atoms with Gasteiger partial charge in [0.1, 0.15) is 5.75 Å². The average Bonchev–Trinajstić information content (AvgIpc) is 2.91. The highest BCUT2D eigenvalue weighted by Crippen LogP contribution is 2.20. The molecule has 10 nitrogen and oxygen atoms in total. The molecule has 3 aromatic rings. The molecule has 1 aliphatic rings. The zero-order valence-corrected chi connectivity index (χ0v) is 21.2. The minimum absolute atomic E-state index is 0.0107. The summed E-state index contributed by atoms with van der Waals surface area (Å²) in [7, 11) is 1.53. The largest absolute Gasteiger partial charge is 0.497 e. The first-order valence-corrected chi connectivity index (χ1v) is 12.2. The Balaban J connectivity index is 1.73. The molecule has 1 saturated heterocycles. The molecule has 4 rings (SSSR count). The molecule has 0 bridgehead atoms. The second kappa shape index (κ2) is 11.2. The first-order chi connectivity index (χ1) is 17.8. The van der Waals surface area contributed by atoms with Gasteiger partial charge in [0.25, 0.3) is 11.5 Å². The zero-order chi connectivity index (χ0) is 26.5. The minimum Gasteiger partial charge on any atom is -0.497 e. The first-order valence-electron chi connectivity index (χ1n) is 12.2. The van der Waals surface area contributed by atoms with Crippen LogP contribution in [0.25, 0.3) is 5.69 Å². The van der Waals surface area contributed by atoms with Gasteiger partial charge in [0, 0.05) is 13.1 Å². The van der Waals surface area contributed by atoms with Crippen LogP contribution in [-0.2, 0) is 16.1 Å². The number of benzene rings is 2. The zero-order valence-electron chi connectivity index (χ0n) is 21.2. The lowest BCUT2D eigenvalue weighted by Crippen LogP contribution is -2.48. The third-order valence-corrected chi connectivity index (χ3v) is 6.40. The molecule has 2 aromatic carbocycles. The molecule has 0 saturated carbocycles. The maximum atomic E-state index is 13.5. The van der Waals surface area contributed by atoms with Gasteiger partial charge in [-0.2, -0.15) is 9.78 Å². The Labute approximate surface area is 214 Å². The summed E-state index contributed by atoms with van der Waals surface area (Å²) in [5, 5.41) is 4.22. The van der Waals surface area contributed by atoms with Crippen molar-refractivity contribution in [3.8, 4) is 11.4 Å². The summed E-state index contributed by atoms with van der Waals surface area (Å²) in [5.41, 5.74) is 0.357. The molecule has 0 unspecified atom stereocenters. The highest BCUT2D eigenvalue weighted by atomic mass is 16.5. The maximum Gasteiger partial charge on any atom is 0.352 e. The summed E-state index contributed by atoms with van der Waals surface area (Å²) in [6.45, 7) is 4.52. The van der Waals surface area contributed by atoms with Gasteiger partial charge in [-0.3, -0.25) is 19.0 Å². The Morgan fingerprint density at radius 2 is 1.76 bits per heavy atom. The van der Waals surface area contributed by atoms with E-state index in [2.05, 4.69) is 5.10 Å². The van der Waals surface area contributed by atoms with E-state index < -0.39 is 17.2 Å². The number of aryl methyl sites for hydroxylation is 1. The fraction of sp³-hybridized carbons (Fsp3) is 0.370. The Morgan fingerprint density at radius 1 is 1.05 bits per heavy atom. The Morgan fingerprint density at radius 3 is 2.38 bits per heavy atom. The molecule has 0 radical (unpaired) electrons. The van der Waals surface area contributed by atoms with E-state index in [1.54, 1.807) is 31.2 Å². The van der Waals surface area contributed by atoms with Gasteiger partial charge < -0.3 is 14.4 Å². The number of hydrogen-bond donors (Lipinski definition) is 0. The van der Waals surface area contributed by atoms with Crippen molar-refractivity contribution >= 4 is 11.9 Å². The molecule has 0 atom stereocenters. The molecule has 2 heterocycles. The highest BCUT2D eigenvalue weighted by molar-refractivity contribution is 5.92. The van der Waals surface area contributed by atoms with Crippen LogP contribution in [0.15, 0.2) is 58.1 Å². The van der Waals surface area contributed by atoms with E-state index in [4.69, 9.17) is 9.47 Å². The standard InChI is InChI=1S/C27H30N4O6/c1-4-37-26(34)20-12-14-29(15-13-20)24(32)23-25(33)30(17-19-7-5-6-18(2)16-19)27(35)31(28-23)21-8-10-22(36-3)11-9-21/h5-11,16,20H,4,12-15,17H2,1-3H3. The third-order valence-electron chi connectivity index (χ3n) is 6.40. The lowest BCUT2D eigenvalue weighted by atomic mass is 9.97. The molecule has 10 heteroatoms. The molecule has 194 valence electrons. The summed E-state index contributed by atoms with van der Waals surface area (Å²) < 4.78 is 12.4. The van der Waals surface area contributed by atoms with Crippen LogP contribution in [0, 0.1) is 12.8 Å². The Kier molecular flexibility index (Phi) is 7.86. The highest BCUT2D eigenvalue weighted by Gasteiger charge is 2.31. The van der Waals surface area contributed by atoms with E-state index in [1.807, 2.05) is 31.2 Å². The van der Waals surface area contributed by atoms with Crippen molar-refractivity contribution in [2.24, 2.45) is 5.92 Å². The van der Waals surface area contributed by atoms with Gasteiger partial charge in [0.15, 0.2) is 0 Å². The summed E-state index contributed by atoms with van der Waals surface area (Å²) >= 11 is 0. The van der Waals surface area contributed by atoms with E-state index in [0.717, 1.165) is 20.4 Å². The minimum atomic E-state index is -0.756. The van der Waals surface area contributed by atoms with Crippen LogP contribution in [0.2, 0.25) is 0 Å². The monoisotopic (exact) mass is 506 g/mol. The number of amides is 1. The van der Waals surface area contributed by atoms with Gasteiger partial charge in [-0.05, 0) is 56.5 Å². The molecule has 0 N–H and O–H groups in total. The van der Waals surface area contributed by atoms with Crippen LogP contribution in [0.3, 0.4) is 0 Å². The Hall–Kier alpha value is -4.21. The molecular formula is C27H30N4O6. The molecule has 1 fully saturated rings. The van der Waals surface area contributed by atoms with Gasteiger partial charge in [0.2, 0.25) is 5.69 Å². The van der Waals surface area contributed by atoms with Crippen LogP contribution < -0.4 is 16.0 Å². The number of hydrogen-bond acceptors (Lipinski definition) is 7. The van der Waals surface area contributed by atoms with Gasteiger partial charge in [-0.15, -0.1) is 0 Å². The van der Waals surface area contributed by atoms with Gasteiger partial charge >= 0.3 is 11.7 Å². The number of nitrogens with zero attached hydrogens (tertiary/aromatic N) is 4. The van der Waals surface area contributed by atoms with E-state index in [-0.39, 0.29) is 37.2 Å². The molecule has 37 heavy (non-hydrogen) atoms. The van der Waals surface area contributed by atoms with Gasteiger partial charge in [0.05, 0.1) is 31.9 Å². The summed E-state index contributed by atoms with van der Waals surface area (Å²) in [5.74, 6) is -0.553. The van der Waals surface area contributed by atoms with Crippen LogP contribution in [0.4, 0.5) is 0 Å². The average molecular weight is 507 g/mol. The molecule has 1 aromatic heterocycles. The maximum absolute atomic E-state index is 13.5. The quantitative estimate of drug-likeness (QED) is 0.452. The predicted octanol–water partition coefficient (Wildman–Crippen LogP) is 2.17. The van der Waals surface area contributed by atoms with Crippen LogP contribution >= 0.6 is 0 Å². The van der Waals surface area contributed by atoms with Crippen molar-refractivity contribution in [2.45, 2.75) is 33.2 Å². The second-order valence-electron chi connectivity index (χ2n) is 8.94. The summed E-state index contributed by atoms with van der Waals surface area (Å²) in [6.07, 6.45) is 0.861. The fourth-order valence-electron chi connectivity index (χ4n) is 4.40. The van der Waals surface area contributed by atoms with Gasteiger partial charge in [-0.25, -0.2) is 4.79 Å². The number of ether oxygens (including phenoxy) is 2. The number of carbonyl (C=O) groups is 2. The number of carbonyl (C=O) groups excluding carboxylic acids is 2. The molecule has 1 amide bonds. The SMILES string of the molecule is CCOC(=O)C1CCN(C(=O)c2nn(-c3ccc(OC)cc3)c(=O)n(Cc3cccc(C)c3)c2=O)CC1. The topological polar surface area (TPSA) is 113 Å². The first kappa shape index (κ1) is 25.9. The van der Waals surface area contributed by atoms with Crippen molar-refractivity contribution in [1.82, 2.24) is 19.2 Å². The number of likely N-dealkylation sites (tertiary alicyclic amines) is 1. The van der Waals surface area contributed by atoms with E-state index in [1.165, 1.54) is 12.0 Å².